The number of hydrogen-bond donors (Lipinski definition) is 2. The molecule has 1 rings (SSSR count). The Labute approximate surface area is 162 Å². The van der Waals surface area contributed by atoms with E-state index in [2.05, 4.69) is 11.9 Å². The fourth-order valence-electron chi connectivity index (χ4n) is 3.66. The Morgan fingerprint density at radius 1 is 0.577 bits per heavy atom. The summed E-state index contributed by atoms with van der Waals surface area (Å²) < 4.78 is 0. The first kappa shape index (κ1) is 22.8. The lowest BCUT2D eigenvalue weighted by molar-refractivity contribution is 0.529. The summed E-state index contributed by atoms with van der Waals surface area (Å²) in [5.74, 6) is 1.08. The first-order valence-electron chi connectivity index (χ1n) is 11.2. The summed E-state index contributed by atoms with van der Waals surface area (Å²) in [6, 6.07) is 3.89. The predicted octanol–water partition coefficient (Wildman–Crippen LogP) is 7.05. The number of rotatable bonds is 17. The van der Waals surface area contributed by atoms with Gasteiger partial charge in [-0.05, 0) is 30.5 Å². The van der Waals surface area contributed by atoms with Gasteiger partial charge in [0.2, 0.25) is 0 Å². The molecule has 1 aromatic rings. The van der Waals surface area contributed by atoms with E-state index in [-0.39, 0.29) is 0 Å². The number of nitrogen functional groups attached to an aromatic ring is 2. The smallest absolute Gasteiger partial charge is 0.126 e. The Morgan fingerprint density at radius 2 is 0.923 bits per heavy atom. The molecule has 0 unspecified atom stereocenters. The van der Waals surface area contributed by atoms with Crippen molar-refractivity contribution >= 4 is 11.6 Å². The van der Waals surface area contributed by atoms with E-state index in [1.165, 1.54) is 108 Å². The molecule has 0 atom stereocenters. The lowest BCUT2D eigenvalue weighted by atomic mass is 10.0. The fraction of sp³-hybridized carbons (Fsp3) is 0.783. The van der Waals surface area contributed by atoms with Crippen LogP contribution < -0.4 is 11.5 Å². The molecular weight excluding hydrogens is 318 g/mol. The van der Waals surface area contributed by atoms with Crippen LogP contribution in [0.15, 0.2) is 12.1 Å². The number of anilines is 2. The first-order chi connectivity index (χ1) is 12.7. The molecule has 0 aromatic carbocycles. The zero-order valence-electron chi connectivity index (χ0n) is 17.3. The van der Waals surface area contributed by atoms with Crippen LogP contribution in [0.3, 0.4) is 0 Å². The van der Waals surface area contributed by atoms with Crippen molar-refractivity contribution in [3.8, 4) is 0 Å². The molecule has 150 valence electrons. The second kappa shape index (κ2) is 16.0. The van der Waals surface area contributed by atoms with Gasteiger partial charge in [0.05, 0.1) is 0 Å². The Kier molecular flexibility index (Phi) is 14.0. The molecule has 0 amide bonds. The van der Waals surface area contributed by atoms with Crippen molar-refractivity contribution in [2.75, 3.05) is 11.5 Å². The highest BCUT2D eigenvalue weighted by Gasteiger charge is 1.99. The normalized spacial score (nSPS) is 11.1. The highest BCUT2D eigenvalue weighted by molar-refractivity contribution is 5.43. The molecule has 0 spiro atoms. The molecule has 0 fully saturated rings. The number of aryl methyl sites for hydroxylation is 1. The molecule has 0 bridgehead atoms. The van der Waals surface area contributed by atoms with Crippen LogP contribution in [-0.4, -0.2) is 4.98 Å². The van der Waals surface area contributed by atoms with E-state index >= 15 is 0 Å². The number of nitrogens with two attached hydrogens (primary N) is 2. The summed E-state index contributed by atoms with van der Waals surface area (Å²) in [6.07, 6.45) is 23.5. The monoisotopic (exact) mass is 361 g/mol. The second-order valence-electron chi connectivity index (χ2n) is 7.88. The van der Waals surface area contributed by atoms with E-state index in [0.29, 0.717) is 11.6 Å². The standard InChI is InChI=1S/C23H43N3/c1-2-3-4-5-6-7-8-9-10-11-12-13-14-15-16-17-18-21-19-22(24)26-23(25)20-21/h19-20H,2-18H2,1H3,(H4,24,25,26). The van der Waals surface area contributed by atoms with Gasteiger partial charge in [0.1, 0.15) is 11.6 Å². The molecule has 0 aliphatic rings. The number of nitrogens with zero attached hydrogens (tertiary/aromatic N) is 1. The van der Waals surface area contributed by atoms with E-state index in [1.807, 2.05) is 12.1 Å². The molecule has 0 radical (unpaired) electrons. The van der Waals surface area contributed by atoms with Crippen molar-refractivity contribution in [2.45, 2.75) is 116 Å². The lowest BCUT2D eigenvalue weighted by Crippen LogP contribution is -1.98. The molecule has 3 heteroatoms. The minimum atomic E-state index is 0.538. The molecule has 3 nitrogen and oxygen atoms in total. The van der Waals surface area contributed by atoms with E-state index in [1.54, 1.807) is 0 Å². The lowest BCUT2D eigenvalue weighted by Gasteiger charge is -2.05. The van der Waals surface area contributed by atoms with Gasteiger partial charge in [-0.15, -0.1) is 0 Å². The van der Waals surface area contributed by atoms with Gasteiger partial charge in [0.25, 0.3) is 0 Å². The number of hydrogen-bond acceptors (Lipinski definition) is 3. The fourth-order valence-corrected chi connectivity index (χ4v) is 3.66. The predicted molar refractivity (Wildman–Crippen MR) is 116 cm³/mol. The van der Waals surface area contributed by atoms with Gasteiger partial charge in [-0.25, -0.2) is 4.98 Å². The van der Waals surface area contributed by atoms with E-state index in [0.717, 1.165) is 6.42 Å². The molecule has 0 saturated heterocycles. The van der Waals surface area contributed by atoms with E-state index < -0.39 is 0 Å². The van der Waals surface area contributed by atoms with Gasteiger partial charge in [0.15, 0.2) is 0 Å². The van der Waals surface area contributed by atoms with Crippen molar-refractivity contribution in [3.63, 3.8) is 0 Å². The number of aromatic nitrogens is 1. The van der Waals surface area contributed by atoms with Gasteiger partial charge in [-0.3, -0.25) is 0 Å². The third-order valence-corrected chi connectivity index (χ3v) is 5.24. The SMILES string of the molecule is CCCCCCCCCCCCCCCCCCc1cc(N)nc(N)c1. The van der Waals surface area contributed by atoms with E-state index in [4.69, 9.17) is 11.5 Å². The summed E-state index contributed by atoms with van der Waals surface area (Å²) >= 11 is 0. The molecular formula is C23H43N3. The largest absolute Gasteiger partial charge is 0.384 e. The highest BCUT2D eigenvalue weighted by atomic mass is 14.9. The van der Waals surface area contributed by atoms with Crippen LogP contribution in [0.4, 0.5) is 11.6 Å². The van der Waals surface area contributed by atoms with Crippen LogP contribution >= 0.6 is 0 Å². The van der Waals surface area contributed by atoms with Crippen molar-refractivity contribution in [3.05, 3.63) is 17.7 Å². The summed E-state index contributed by atoms with van der Waals surface area (Å²) in [7, 11) is 0. The maximum absolute atomic E-state index is 5.73. The van der Waals surface area contributed by atoms with Crippen molar-refractivity contribution in [2.24, 2.45) is 0 Å². The zero-order chi connectivity index (χ0) is 18.9. The summed E-state index contributed by atoms with van der Waals surface area (Å²) in [6.45, 7) is 2.29. The third-order valence-electron chi connectivity index (χ3n) is 5.24. The summed E-state index contributed by atoms with van der Waals surface area (Å²) in [5, 5.41) is 0. The van der Waals surface area contributed by atoms with E-state index in [9.17, 15) is 0 Å². The summed E-state index contributed by atoms with van der Waals surface area (Å²) in [4.78, 5) is 4.01. The van der Waals surface area contributed by atoms with Gasteiger partial charge >= 0.3 is 0 Å². The molecule has 0 saturated carbocycles. The Balaban J connectivity index is 1.79. The molecule has 0 aliphatic heterocycles. The zero-order valence-corrected chi connectivity index (χ0v) is 17.3. The van der Waals surface area contributed by atoms with Gasteiger partial charge in [-0.1, -0.05) is 103 Å². The van der Waals surface area contributed by atoms with Crippen LogP contribution in [-0.2, 0) is 6.42 Å². The third kappa shape index (κ3) is 13.0. The van der Waals surface area contributed by atoms with Crippen LogP contribution in [0.5, 0.6) is 0 Å². The van der Waals surface area contributed by atoms with Crippen LogP contribution in [0.25, 0.3) is 0 Å². The maximum Gasteiger partial charge on any atom is 0.126 e. The average molecular weight is 362 g/mol. The second-order valence-corrected chi connectivity index (χ2v) is 7.88. The molecule has 0 aliphatic carbocycles. The Hall–Kier alpha value is -1.25. The Bertz CT molecular complexity index is 425. The number of pyridine rings is 1. The minimum Gasteiger partial charge on any atom is -0.384 e. The number of unbranched alkanes of at least 4 members (excludes halogenated alkanes) is 15. The van der Waals surface area contributed by atoms with Crippen LogP contribution in [0, 0.1) is 0 Å². The molecule has 1 aromatic heterocycles. The Morgan fingerprint density at radius 3 is 1.31 bits per heavy atom. The van der Waals surface area contributed by atoms with Crippen LogP contribution in [0.1, 0.15) is 115 Å². The van der Waals surface area contributed by atoms with Crippen molar-refractivity contribution < 1.29 is 0 Å². The highest BCUT2D eigenvalue weighted by Crippen LogP contribution is 2.15. The summed E-state index contributed by atoms with van der Waals surface area (Å²) in [5.41, 5.74) is 12.7. The topological polar surface area (TPSA) is 64.9 Å². The van der Waals surface area contributed by atoms with Crippen LogP contribution in [0.2, 0.25) is 0 Å². The maximum atomic E-state index is 5.73. The average Bonchev–Trinajstić information content (AvgIpc) is 2.60. The molecule has 1 heterocycles. The van der Waals surface area contributed by atoms with Crippen molar-refractivity contribution in [1.29, 1.82) is 0 Å². The van der Waals surface area contributed by atoms with Gasteiger partial charge < -0.3 is 11.5 Å². The molecule has 4 N–H and O–H groups in total. The minimum absolute atomic E-state index is 0.538. The van der Waals surface area contributed by atoms with Crippen molar-refractivity contribution in [1.82, 2.24) is 4.98 Å². The molecule has 26 heavy (non-hydrogen) atoms. The van der Waals surface area contributed by atoms with Gasteiger partial charge in [0, 0.05) is 0 Å². The quantitative estimate of drug-likeness (QED) is 0.292. The first-order valence-corrected chi connectivity index (χ1v) is 11.2. The van der Waals surface area contributed by atoms with Gasteiger partial charge in [-0.2, -0.15) is 0 Å².